The van der Waals surface area contributed by atoms with Gasteiger partial charge in [0.25, 0.3) is 0 Å². The van der Waals surface area contributed by atoms with E-state index in [1.807, 2.05) is 4.90 Å². The number of nitrogens with two attached hydrogens (primary N) is 1. The standard InChI is InChI=1S/C9H14N2O/c10-9(12)11-4-7-5-1-2-6(3-5)8(7)11/h5-8H,1-4H2,(H2,10,12). The van der Waals surface area contributed by atoms with Gasteiger partial charge in [0.05, 0.1) is 0 Å². The molecule has 2 bridgehead atoms. The number of urea groups is 1. The van der Waals surface area contributed by atoms with Crippen molar-refractivity contribution in [3.05, 3.63) is 0 Å². The Kier molecular flexibility index (Phi) is 1.10. The van der Waals surface area contributed by atoms with Gasteiger partial charge in [0, 0.05) is 18.5 Å². The van der Waals surface area contributed by atoms with E-state index in [2.05, 4.69) is 0 Å². The van der Waals surface area contributed by atoms with Gasteiger partial charge in [-0.3, -0.25) is 0 Å². The van der Waals surface area contributed by atoms with Crippen LogP contribution in [0.5, 0.6) is 0 Å². The van der Waals surface area contributed by atoms with Crippen molar-refractivity contribution in [2.45, 2.75) is 25.3 Å². The molecule has 1 aliphatic heterocycles. The lowest BCUT2D eigenvalue weighted by atomic mass is 9.77. The van der Waals surface area contributed by atoms with Crippen LogP contribution >= 0.6 is 0 Å². The summed E-state index contributed by atoms with van der Waals surface area (Å²) in [7, 11) is 0. The predicted molar refractivity (Wildman–Crippen MR) is 44.4 cm³/mol. The maximum absolute atomic E-state index is 10.9. The van der Waals surface area contributed by atoms with Gasteiger partial charge >= 0.3 is 6.03 Å². The third-order valence-electron chi connectivity index (χ3n) is 4.09. The summed E-state index contributed by atoms with van der Waals surface area (Å²) >= 11 is 0. The van der Waals surface area contributed by atoms with Crippen LogP contribution in [0.2, 0.25) is 0 Å². The van der Waals surface area contributed by atoms with Crippen LogP contribution in [0, 0.1) is 17.8 Å². The molecule has 0 aromatic rings. The fraction of sp³-hybridized carbons (Fsp3) is 0.889. The molecular weight excluding hydrogens is 152 g/mol. The molecule has 1 saturated heterocycles. The van der Waals surface area contributed by atoms with Crippen molar-refractivity contribution >= 4 is 6.03 Å². The van der Waals surface area contributed by atoms with E-state index in [0.717, 1.165) is 24.3 Å². The molecule has 0 spiro atoms. The van der Waals surface area contributed by atoms with Gasteiger partial charge in [0.15, 0.2) is 0 Å². The number of likely N-dealkylation sites (tertiary alicyclic amines) is 1. The lowest BCUT2D eigenvalue weighted by Crippen LogP contribution is -2.62. The zero-order valence-corrected chi connectivity index (χ0v) is 7.07. The molecule has 0 aromatic carbocycles. The van der Waals surface area contributed by atoms with Gasteiger partial charge < -0.3 is 10.6 Å². The smallest absolute Gasteiger partial charge is 0.315 e. The topological polar surface area (TPSA) is 46.3 Å². The minimum Gasteiger partial charge on any atom is -0.351 e. The SMILES string of the molecule is NC(=O)N1CC2C3CCC(C3)C21. The number of hydrogen-bond acceptors (Lipinski definition) is 1. The van der Waals surface area contributed by atoms with Crippen molar-refractivity contribution in [2.75, 3.05) is 6.54 Å². The average molecular weight is 166 g/mol. The quantitative estimate of drug-likeness (QED) is 0.568. The maximum atomic E-state index is 10.9. The second-order valence-electron chi connectivity index (χ2n) is 4.48. The second-order valence-corrected chi connectivity index (χ2v) is 4.48. The Morgan fingerprint density at radius 1 is 1.33 bits per heavy atom. The first-order chi connectivity index (χ1) is 5.77. The van der Waals surface area contributed by atoms with Gasteiger partial charge in [0.2, 0.25) is 0 Å². The van der Waals surface area contributed by atoms with E-state index in [0.29, 0.717) is 6.04 Å². The largest absolute Gasteiger partial charge is 0.351 e. The molecule has 3 rings (SSSR count). The van der Waals surface area contributed by atoms with E-state index in [9.17, 15) is 4.79 Å². The first-order valence-electron chi connectivity index (χ1n) is 4.83. The molecular formula is C9H14N2O. The van der Waals surface area contributed by atoms with Gasteiger partial charge in [-0.05, 0) is 31.1 Å². The number of fused-ring (bicyclic) bond motifs is 5. The fourth-order valence-corrected chi connectivity index (χ4v) is 3.57. The number of primary amides is 1. The number of amides is 2. The first-order valence-corrected chi connectivity index (χ1v) is 4.83. The minimum absolute atomic E-state index is 0.205. The van der Waals surface area contributed by atoms with E-state index in [-0.39, 0.29) is 6.03 Å². The van der Waals surface area contributed by atoms with Crippen molar-refractivity contribution < 1.29 is 4.79 Å². The summed E-state index contributed by atoms with van der Waals surface area (Å²) in [5.41, 5.74) is 5.27. The molecule has 12 heavy (non-hydrogen) atoms. The van der Waals surface area contributed by atoms with Gasteiger partial charge in [-0.15, -0.1) is 0 Å². The van der Waals surface area contributed by atoms with Crippen molar-refractivity contribution in [2.24, 2.45) is 23.5 Å². The highest BCUT2D eigenvalue weighted by molar-refractivity contribution is 5.73. The Hall–Kier alpha value is -0.730. The van der Waals surface area contributed by atoms with Crippen LogP contribution in [-0.4, -0.2) is 23.5 Å². The van der Waals surface area contributed by atoms with E-state index in [1.54, 1.807) is 0 Å². The van der Waals surface area contributed by atoms with Crippen molar-refractivity contribution in [1.29, 1.82) is 0 Å². The molecule has 0 radical (unpaired) electrons. The summed E-state index contributed by atoms with van der Waals surface area (Å²) in [6, 6.07) is 0.338. The Morgan fingerprint density at radius 3 is 2.75 bits per heavy atom. The summed E-state index contributed by atoms with van der Waals surface area (Å²) in [6.45, 7) is 0.946. The number of carbonyl (C=O) groups excluding carboxylic acids is 1. The zero-order chi connectivity index (χ0) is 8.29. The van der Waals surface area contributed by atoms with E-state index in [4.69, 9.17) is 5.73 Å². The monoisotopic (exact) mass is 166 g/mol. The van der Waals surface area contributed by atoms with Crippen molar-refractivity contribution in [1.82, 2.24) is 4.90 Å². The highest BCUT2D eigenvalue weighted by Crippen LogP contribution is 2.55. The summed E-state index contributed by atoms with van der Waals surface area (Å²) in [5, 5.41) is 0. The summed E-state index contributed by atoms with van der Waals surface area (Å²) in [6.07, 6.45) is 4.09. The fourth-order valence-electron chi connectivity index (χ4n) is 3.57. The average Bonchev–Trinajstić information content (AvgIpc) is 2.40. The third kappa shape index (κ3) is 0.609. The lowest BCUT2D eigenvalue weighted by Gasteiger charge is -2.49. The molecule has 2 aliphatic carbocycles. The van der Waals surface area contributed by atoms with Crippen LogP contribution in [0.4, 0.5) is 4.79 Å². The molecule has 4 unspecified atom stereocenters. The van der Waals surface area contributed by atoms with Crippen LogP contribution < -0.4 is 5.73 Å². The molecule has 2 amide bonds. The molecule has 2 N–H and O–H groups in total. The Morgan fingerprint density at radius 2 is 2.08 bits per heavy atom. The highest BCUT2D eigenvalue weighted by Gasteiger charge is 2.57. The molecule has 0 aromatic heterocycles. The lowest BCUT2D eigenvalue weighted by molar-refractivity contribution is 0.0159. The van der Waals surface area contributed by atoms with E-state index < -0.39 is 0 Å². The molecule has 3 aliphatic rings. The van der Waals surface area contributed by atoms with Crippen LogP contribution in [0.15, 0.2) is 0 Å². The van der Waals surface area contributed by atoms with Crippen molar-refractivity contribution in [3.63, 3.8) is 0 Å². The summed E-state index contributed by atoms with van der Waals surface area (Å²) in [5.74, 6) is 2.54. The number of rotatable bonds is 0. The van der Waals surface area contributed by atoms with Gasteiger partial charge in [-0.2, -0.15) is 0 Å². The molecule has 4 atom stereocenters. The van der Waals surface area contributed by atoms with E-state index >= 15 is 0 Å². The number of hydrogen-bond donors (Lipinski definition) is 1. The highest BCUT2D eigenvalue weighted by atomic mass is 16.2. The Balaban J connectivity index is 1.82. The molecule has 3 fully saturated rings. The Labute approximate surface area is 71.9 Å². The van der Waals surface area contributed by atoms with Crippen molar-refractivity contribution in [3.8, 4) is 0 Å². The molecule has 2 saturated carbocycles. The van der Waals surface area contributed by atoms with E-state index in [1.165, 1.54) is 19.3 Å². The van der Waals surface area contributed by atoms with Crippen LogP contribution in [0.1, 0.15) is 19.3 Å². The predicted octanol–water partition coefficient (Wildman–Crippen LogP) is 0.795. The maximum Gasteiger partial charge on any atom is 0.315 e. The summed E-state index contributed by atoms with van der Waals surface area (Å²) in [4.78, 5) is 12.8. The number of nitrogens with zero attached hydrogens (tertiary/aromatic N) is 1. The summed E-state index contributed by atoms with van der Waals surface area (Å²) < 4.78 is 0. The molecule has 1 heterocycles. The molecule has 66 valence electrons. The van der Waals surface area contributed by atoms with Gasteiger partial charge in [0.1, 0.15) is 0 Å². The van der Waals surface area contributed by atoms with Crippen LogP contribution in [-0.2, 0) is 0 Å². The molecule has 3 heteroatoms. The van der Waals surface area contributed by atoms with Gasteiger partial charge in [-0.1, -0.05) is 0 Å². The Bertz CT molecular complexity index is 239. The first kappa shape index (κ1) is 6.75. The van der Waals surface area contributed by atoms with Crippen LogP contribution in [0.3, 0.4) is 0 Å². The second kappa shape index (κ2) is 1.95. The molecule has 3 nitrogen and oxygen atoms in total. The minimum atomic E-state index is -0.205. The zero-order valence-electron chi connectivity index (χ0n) is 7.07. The number of carbonyl (C=O) groups is 1. The van der Waals surface area contributed by atoms with Crippen LogP contribution in [0.25, 0.3) is 0 Å². The normalized spacial score (nSPS) is 48.8. The third-order valence-corrected chi connectivity index (χ3v) is 4.09. The van der Waals surface area contributed by atoms with Gasteiger partial charge in [-0.25, -0.2) is 4.79 Å².